The molecule has 1 heteroatoms. The maximum absolute atomic E-state index is 2.43. The van der Waals surface area contributed by atoms with Crippen LogP contribution < -0.4 is 4.90 Å². The van der Waals surface area contributed by atoms with Crippen molar-refractivity contribution in [3.8, 4) is 33.4 Å². The normalized spacial score (nSPS) is 11.6. The van der Waals surface area contributed by atoms with Gasteiger partial charge in [0, 0.05) is 17.1 Å². The molecule has 0 aliphatic carbocycles. The first-order valence-electron chi connectivity index (χ1n) is 21.1. The predicted octanol–water partition coefficient (Wildman–Crippen LogP) is 17.1. The minimum Gasteiger partial charge on any atom is -0.310 e. The van der Waals surface area contributed by atoms with E-state index in [1.54, 1.807) is 0 Å². The summed E-state index contributed by atoms with van der Waals surface area (Å²) in [5, 5.41) is 15.0. The molecule has 61 heavy (non-hydrogen) atoms. The average Bonchev–Trinajstić information content (AvgIpc) is 3.34. The van der Waals surface area contributed by atoms with Crippen molar-refractivity contribution >= 4 is 81.7 Å². The van der Waals surface area contributed by atoms with Crippen LogP contribution in [0.1, 0.15) is 0 Å². The highest BCUT2D eigenvalue weighted by atomic mass is 15.1. The number of nitrogens with zero attached hydrogens (tertiary/aromatic N) is 1. The Hall–Kier alpha value is -8.00. The molecule has 0 saturated carbocycles. The maximum Gasteiger partial charge on any atom is 0.0468 e. The van der Waals surface area contributed by atoms with E-state index in [-0.39, 0.29) is 0 Å². The van der Waals surface area contributed by atoms with Gasteiger partial charge in [0.1, 0.15) is 0 Å². The van der Waals surface area contributed by atoms with E-state index in [0.29, 0.717) is 0 Å². The highest BCUT2D eigenvalue weighted by Gasteiger charge is 2.21. The first-order valence-corrected chi connectivity index (χ1v) is 21.1. The van der Waals surface area contributed by atoms with Gasteiger partial charge in [-0.2, -0.15) is 0 Å². The second-order valence-corrected chi connectivity index (χ2v) is 16.0. The molecular formula is C60H39N. The SMILES string of the molecule is c1ccc(-c2c(-c3ccccc3)c3cc(N(c4ccc(-c5cc6ccccc6c6ccccc56)cc4)c4ccc5c(ccc6ccccc65)c4)ccc3c3ccccc23)cc1. The molecule has 0 aromatic heterocycles. The smallest absolute Gasteiger partial charge is 0.0468 e. The molecule has 0 amide bonds. The Labute approximate surface area is 355 Å². The van der Waals surface area contributed by atoms with Crippen molar-refractivity contribution in [1.82, 2.24) is 0 Å². The standard InChI is InChI=1S/C60H39N/c1-3-16-42(17-4-1)59-56-26-14-13-24-53(56)55-36-34-48(39-58(55)60(59)43-18-5-2-6-19-43)61(47-33-35-51-45(37-47)28-27-40-15-7-9-21-49(40)51)46-31-29-41(30-32-46)57-38-44-20-8-10-22-50(44)52-23-11-12-25-54(52)57/h1-39H. The van der Waals surface area contributed by atoms with Gasteiger partial charge < -0.3 is 4.90 Å². The van der Waals surface area contributed by atoms with Gasteiger partial charge in [0.05, 0.1) is 0 Å². The van der Waals surface area contributed by atoms with E-state index in [1.165, 1.54) is 98.0 Å². The summed E-state index contributed by atoms with van der Waals surface area (Å²) in [6.45, 7) is 0. The minimum atomic E-state index is 1.10. The second-order valence-electron chi connectivity index (χ2n) is 16.0. The van der Waals surface area contributed by atoms with Gasteiger partial charge in [-0.15, -0.1) is 0 Å². The van der Waals surface area contributed by atoms with E-state index in [4.69, 9.17) is 0 Å². The van der Waals surface area contributed by atoms with Crippen LogP contribution in [0.15, 0.2) is 237 Å². The molecule has 0 atom stereocenters. The summed E-state index contributed by atoms with van der Waals surface area (Å²) in [4.78, 5) is 2.43. The van der Waals surface area contributed by atoms with Crippen LogP contribution in [0.2, 0.25) is 0 Å². The lowest BCUT2D eigenvalue weighted by molar-refractivity contribution is 1.30. The van der Waals surface area contributed by atoms with Crippen LogP contribution in [0, 0.1) is 0 Å². The molecule has 0 heterocycles. The molecule has 284 valence electrons. The molecule has 12 rings (SSSR count). The lowest BCUT2D eigenvalue weighted by atomic mass is 9.85. The van der Waals surface area contributed by atoms with Gasteiger partial charge in [0.15, 0.2) is 0 Å². The largest absolute Gasteiger partial charge is 0.310 e. The fourth-order valence-electron chi connectivity index (χ4n) is 9.80. The fraction of sp³-hybridized carbons (Fsp3) is 0. The first-order chi connectivity index (χ1) is 30.3. The van der Waals surface area contributed by atoms with E-state index in [2.05, 4.69) is 241 Å². The summed E-state index contributed by atoms with van der Waals surface area (Å²) in [6.07, 6.45) is 0. The van der Waals surface area contributed by atoms with Crippen LogP contribution in [0.3, 0.4) is 0 Å². The van der Waals surface area contributed by atoms with Crippen LogP contribution >= 0.6 is 0 Å². The van der Waals surface area contributed by atoms with Gasteiger partial charge in [-0.3, -0.25) is 0 Å². The van der Waals surface area contributed by atoms with E-state index in [0.717, 1.165) is 17.1 Å². The summed E-state index contributed by atoms with van der Waals surface area (Å²) >= 11 is 0. The zero-order valence-corrected chi connectivity index (χ0v) is 33.5. The van der Waals surface area contributed by atoms with Crippen molar-refractivity contribution < 1.29 is 0 Å². The first kappa shape index (κ1) is 35.0. The highest BCUT2D eigenvalue weighted by Crippen LogP contribution is 2.47. The van der Waals surface area contributed by atoms with Crippen LogP contribution in [0.5, 0.6) is 0 Å². The number of hydrogen-bond acceptors (Lipinski definition) is 1. The third-order valence-electron chi connectivity index (χ3n) is 12.6. The Morgan fingerprint density at radius 3 is 1.33 bits per heavy atom. The van der Waals surface area contributed by atoms with E-state index in [1.807, 2.05) is 0 Å². The minimum absolute atomic E-state index is 1.10. The van der Waals surface area contributed by atoms with E-state index in [9.17, 15) is 0 Å². The van der Waals surface area contributed by atoms with Gasteiger partial charge in [-0.05, 0) is 140 Å². The summed E-state index contributed by atoms with van der Waals surface area (Å²) in [5.41, 5.74) is 10.6. The Kier molecular flexibility index (Phi) is 8.25. The van der Waals surface area contributed by atoms with Crippen LogP contribution in [0.25, 0.3) is 98.0 Å². The summed E-state index contributed by atoms with van der Waals surface area (Å²) < 4.78 is 0. The molecule has 0 saturated heterocycles. The summed E-state index contributed by atoms with van der Waals surface area (Å²) in [7, 11) is 0. The van der Waals surface area contributed by atoms with Gasteiger partial charge in [0.25, 0.3) is 0 Å². The molecule has 0 N–H and O–H groups in total. The zero-order valence-electron chi connectivity index (χ0n) is 33.5. The topological polar surface area (TPSA) is 3.24 Å². The van der Waals surface area contributed by atoms with Gasteiger partial charge in [0.2, 0.25) is 0 Å². The molecule has 0 fully saturated rings. The van der Waals surface area contributed by atoms with Gasteiger partial charge in [-0.1, -0.05) is 194 Å². The van der Waals surface area contributed by atoms with Crippen LogP contribution in [-0.4, -0.2) is 0 Å². The molecule has 0 aliphatic rings. The van der Waals surface area contributed by atoms with Crippen molar-refractivity contribution in [3.05, 3.63) is 237 Å². The van der Waals surface area contributed by atoms with Crippen molar-refractivity contribution in [2.24, 2.45) is 0 Å². The highest BCUT2D eigenvalue weighted by molar-refractivity contribution is 6.22. The quantitative estimate of drug-likeness (QED) is 0.152. The van der Waals surface area contributed by atoms with Gasteiger partial charge in [-0.25, -0.2) is 0 Å². The van der Waals surface area contributed by atoms with Crippen molar-refractivity contribution in [3.63, 3.8) is 0 Å². The lowest BCUT2D eigenvalue weighted by Crippen LogP contribution is -2.10. The molecule has 0 aliphatic heterocycles. The third-order valence-corrected chi connectivity index (χ3v) is 12.6. The maximum atomic E-state index is 2.43. The average molecular weight is 774 g/mol. The van der Waals surface area contributed by atoms with Crippen molar-refractivity contribution in [1.29, 1.82) is 0 Å². The van der Waals surface area contributed by atoms with Crippen molar-refractivity contribution in [2.75, 3.05) is 4.90 Å². The lowest BCUT2D eigenvalue weighted by Gasteiger charge is -2.27. The Morgan fingerprint density at radius 2 is 0.639 bits per heavy atom. The molecule has 0 unspecified atom stereocenters. The number of hydrogen-bond donors (Lipinski definition) is 0. The van der Waals surface area contributed by atoms with E-state index >= 15 is 0 Å². The molecule has 12 aromatic carbocycles. The Bertz CT molecular complexity index is 3630. The number of fused-ring (bicyclic) bond motifs is 9. The zero-order chi connectivity index (χ0) is 40.3. The molecule has 1 nitrogen and oxygen atoms in total. The van der Waals surface area contributed by atoms with Crippen LogP contribution in [0.4, 0.5) is 17.1 Å². The predicted molar refractivity (Wildman–Crippen MR) is 262 cm³/mol. The number of anilines is 3. The Morgan fingerprint density at radius 1 is 0.213 bits per heavy atom. The molecule has 0 spiro atoms. The van der Waals surface area contributed by atoms with Gasteiger partial charge >= 0.3 is 0 Å². The van der Waals surface area contributed by atoms with Crippen molar-refractivity contribution in [2.45, 2.75) is 0 Å². The Balaban J connectivity index is 1.10. The monoisotopic (exact) mass is 773 g/mol. The summed E-state index contributed by atoms with van der Waals surface area (Å²) in [5.74, 6) is 0. The molecule has 0 radical (unpaired) electrons. The fourth-order valence-corrected chi connectivity index (χ4v) is 9.80. The molecular weight excluding hydrogens is 735 g/mol. The number of benzene rings is 12. The molecule has 0 bridgehead atoms. The third kappa shape index (κ3) is 5.86. The van der Waals surface area contributed by atoms with Crippen LogP contribution in [-0.2, 0) is 0 Å². The summed E-state index contributed by atoms with van der Waals surface area (Å²) in [6, 6.07) is 86.9. The second kappa shape index (κ2) is 14.4. The molecule has 12 aromatic rings. The number of rotatable bonds is 6. The van der Waals surface area contributed by atoms with E-state index < -0.39 is 0 Å².